The average Bonchev–Trinajstić information content (AvgIpc) is 2.76. The van der Waals surface area contributed by atoms with Crippen LogP contribution in [-0.2, 0) is 6.42 Å². The summed E-state index contributed by atoms with van der Waals surface area (Å²) in [5.74, 6) is -1.21. The van der Waals surface area contributed by atoms with Crippen LogP contribution in [0, 0.1) is 18.3 Å². The SMILES string of the molecule is Cc1cc(NC(=O)Nc2ccc3c(c2)OC(F)(F)C(F)(F)O3)ccc1Cc1ccnc(C#N)c1. The number of ether oxygens (including phenoxy) is 2. The lowest BCUT2D eigenvalue weighted by molar-refractivity contribution is -0.391. The predicted molar refractivity (Wildman–Crippen MR) is 113 cm³/mol. The molecule has 7 nitrogen and oxygen atoms in total. The number of hydrogen-bond donors (Lipinski definition) is 2. The summed E-state index contributed by atoms with van der Waals surface area (Å²) in [5, 5.41) is 14.0. The molecule has 1 aromatic heterocycles. The van der Waals surface area contributed by atoms with Gasteiger partial charge in [-0.05, 0) is 66.4 Å². The smallest absolute Gasteiger partial charge is 0.421 e. The molecule has 0 aliphatic carbocycles. The number of nitriles is 1. The number of rotatable bonds is 4. The van der Waals surface area contributed by atoms with Crippen LogP contribution in [0.25, 0.3) is 0 Å². The van der Waals surface area contributed by atoms with Crippen molar-refractivity contribution in [2.75, 3.05) is 10.6 Å². The van der Waals surface area contributed by atoms with Gasteiger partial charge in [-0.25, -0.2) is 9.78 Å². The van der Waals surface area contributed by atoms with E-state index in [4.69, 9.17) is 5.26 Å². The first kappa shape index (κ1) is 22.8. The van der Waals surface area contributed by atoms with Gasteiger partial charge in [-0.3, -0.25) is 0 Å². The second-order valence-corrected chi connectivity index (χ2v) is 7.46. The third-order valence-corrected chi connectivity index (χ3v) is 4.95. The van der Waals surface area contributed by atoms with Gasteiger partial charge in [0.05, 0.1) is 0 Å². The molecule has 174 valence electrons. The van der Waals surface area contributed by atoms with Gasteiger partial charge in [0, 0.05) is 23.6 Å². The van der Waals surface area contributed by atoms with E-state index < -0.39 is 29.7 Å². The summed E-state index contributed by atoms with van der Waals surface area (Å²) >= 11 is 0. The summed E-state index contributed by atoms with van der Waals surface area (Å²) < 4.78 is 61.3. The molecular weight excluding hydrogens is 456 g/mol. The van der Waals surface area contributed by atoms with Crippen molar-refractivity contribution < 1.29 is 31.8 Å². The van der Waals surface area contributed by atoms with Crippen molar-refractivity contribution in [1.82, 2.24) is 4.98 Å². The first-order valence-corrected chi connectivity index (χ1v) is 9.86. The molecule has 2 heterocycles. The van der Waals surface area contributed by atoms with Crippen LogP contribution in [-0.4, -0.2) is 23.2 Å². The van der Waals surface area contributed by atoms with Crippen LogP contribution in [0.4, 0.5) is 33.7 Å². The number of urea groups is 1. The molecule has 0 saturated heterocycles. The fourth-order valence-electron chi connectivity index (χ4n) is 3.28. The van der Waals surface area contributed by atoms with Gasteiger partial charge in [0.25, 0.3) is 0 Å². The Morgan fingerprint density at radius 1 is 0.971 bits per heavy atom. The quantitative estimate of drug-likeness (QED) is 0.492. The number of aryl methyl sites for hydroxylation is 1. The summed E-state index contributed by atoms with van der Waals surface area (Å²) in [5.41, 5.74) is 3.59. The maximum Gasteiger partial charge on any atom is 0.507 e. The minimum atomic E-state index is -4.85. The van der Waals surface area contributed by atoms with E-state index in [9.17, 15) is 22.4 Å². The van der Waals surface area contributed by atoms with E-state index in [0.29, 0.717) is 17.8 Å². The van der Waals surface area contributed by atoms with E-state index in [0.717, 1.165) is 28.8 Å². The largest absolute Gasteiger partial charge is 0.507 e. The van der Waals surface area contributed by atoms with Gasteiger partial charge < -0.3 is 20.1 Å². The van der Waals surface area contributed by atoms with Gasteiger partial charge in [0.15, 0.2) is 11.5 Å². The van der Waals surface area contributed by atoms with Crippen molar-refractivity contribution in [3.63, 3.8) is 0 Å². The lowest BCUT2D eigenvalue weighted by Gasteiger charge is -2.31. The molecule has 0 unspecified atom stereocenters. The highest BCUT2D eigenvalue weighted by molar-refractivity contribution is 6.00. The standard InChI is InChI=1S/C23H16F4N4O3/c1-13-8-16(3-2-15(13)9-14-6-7-29-18(10-14)12-28)30-21(32)31-17-4-5-19-20(11-17)34-23(26,27)22(24,25)33-19/h2-8,10-11H,9H2,1H3,(H2,30,31,32). The van der Waals surface area contributed by atoms with Crippen LogP contribution in [0.2, 0.25) is 0 Å². The Morgan fingerprint density at radius 2 is 1.62 bits per heavy atom. The number of fused-ring (bicyclic) bond motifs is 1. The molecule has 11 heteroatoms. The lowest BCUT2D eigenvalue weighted by atomic mass is 10.0. The van der Waals surface area contributed by atoms with Crippen molar-refractivity contribution in [3.05, 3.63) is 77.1 Å². The molecule has 3 aromatic rings. The number of halogens is 4. The summed E-state index contributed by atoms with van der Waals surface area (Å²) in [6.45, 7) is 1.86. The molecule has 0 atom stereocenters. The first-order chi connectivity index (χ1) is 16.1. The zero-order valence-electron chi connectivity index (χ0n) is 17.5. The third kappa shape index (κ3) is 4.71. The number of anilines is 2. The molecule has 0 bridgehead atoms. The molecular formula is C23H16F4N4O3. The van der Waals surface area contributed by atoms with Crippen molar-refractivity contribution in [1.29, 1.82) is 5.26 Å². The fourth-order valence-corrected chi connectivity index (χ4v) is 3.28. The van der Waals surface area contributed by atoms with E-state index >= 15 is 0 Å². The van der Waals surface area contributed by atoms with E-state index in [2.05, 4.69) is 25.1 Å². The van der Waals surface area contributed by atoms with E-state index in [-0.39, 0.29) is 5.69 Å². The van der Waals surface area contributed by atoms with Crippen molar-refractivity contribution >= 4 is 17.4 Å². The predicted octanol–water partition coefficient (Wildman–Crippen LogP) is 5.45. The Labute approximate surface area is 190 Å². The minimum Gasteiger partial charge on any atom is -0.421 e. The maximum absolute atomic E-state index is 13.4. The zero-order valence-corrected chi connectivity index (χ0v) is 17.5. The highest BCUT2D eigenvalue weighted by Gasteiger charge is 2.65. The normalized spacial score (nSPS) is 15.2. The summed E-state index contributed by atoms with van der Waals surface area (Å²) in [4.78, 5) is 16.3. The average molecular weight is 472 g/mol. The Balaban J connectivity index is 1.42. The number of carbonyl (C=O) groups is 1. The minimum absolute atomic E-state index is 0.0280. The number of amides is 2. The number of hydrogen-bond acceptors (Lipinski definition) is 5. The van der Waals surface area contributed by atoms with Crippen molar-refractivity contribution in [2.24, 2.45) is 0 Å². The Hall–Kier alpha value is -4.33. The summed E-state index contributed by atoms with van der Waals surface area (Å²) in [6.07, 6.45) is -7.54. The Bertz CT molecular complexity index is 1310. The molecule has 2 aromatic carbocycles. The van der Waals surface area contributed by atoms with E-state index in [1.54, 1.807) is 24.4 Å². The number of benzene rings is 2. The van der Waals surface area contributed by atoms with Crippen LogP contribution in [0.15, 0.2) is 54.7 Å². The molecule has 0 radical (unpaired) electrons. The molecule has 0 fully saturated rings. The Kier molecular flexibility index (Phi) is 5.75. The second kappa shape index (κ2) is 8.55. The second-order valence-electron chi connectivity index (χ2n) is 7.46. The number of alkyl halides is 4. The number of pyridine rings is 1. The number of carbonyl (C=O) groups excluding carboxylic acids is 1. The summed E-state index contributed by atoms with van der Waals surface area (Å²) in [7, 11) is 0. The van der Waals surface area contributed by atoms with Crippen LogP contribution < -0.4 is 20.1 Å². The molecule has 2 amide bonds. The van der Waals surface area contributed by atoms with Crippen LogP contribution >= 0.6 is 0 Å². The topological polar surface area (TPSA) is 96.3 Å². The Morgan fingerprint density at radius 3 is 2.29 bits per heavy atom. The van der Waals surface area contributed by atoms with Crippen molar-refractivity contribution in [2.45, 2.75) is 25.6 Å². The number of aromatic nitrogens is 1. The van der Waals surface area contributed by atoms with Crippen LogP contribution in [0.3, 0.4) is 0 Å². The highest BCUT2D eigenvalue weighted by atomic mass is 19.3. The van der Waals surface area contributed by atoms with Gasteiger partial charge in [-0.1, -0.05) is 6.07 Å². The maximum atomic E-state index is 13.4. The van der Waals surface area contributed by atoms with Gasteiger partial charge in [0.2, 0.25) is 0 Å². The number of nitrogens with zero attached hydrogens (tertiary/aromatic N) is 2. The molecule has 0 spiro atoms. The lowest BCUT2D eigenvalue weighted by Crippen LogP contribution is -2.52. The number of nitrogens with one attached hydrogen (secondary N) is 2. The fraction of sp³-hybridized carbons (Fsp3) is 0.174. The van der Waals surface area contributed by atoms with Crippen LogP contribution in [0.1, 0.15) is 22.4 Å². The molecule has 2 N–H and O–H groups in total. The molecule has 1 aliphatic rings. The third-order valence-electron chi connectivity index (χ3n) is 4.95. The monoisotopic (exact) mass is 472 g/mol. The molecule has 34 heavy (non-hydrogen) atoms. The van der Waals surface area contributed by atoms with Crippen LogP contribution in [0.5, 0.6) is 11.5 Å². The van der Waals surface area contributed by atoms with Crippen molar-refractivity contribution in [3.8, 4) is 17.6 Å². The van der Waals surface area contributed by atoms with Gasteiger partial charge in [-0.15, -0.1) is 0 Å². The zero-order chi connectivity index (χ0) is 24.5. The summed E-state index contributed by atoms with van der Waals surface area (Å²) in [6, 6.07) is 13.2. The molecule has 4 rings (SSSR count). The van der Waals surface area contributed by atoms with Gasteiger partial charge >= 0.3 is 18.2 Å². The highest BCUT2D eigenvalue weighted by Crippen LogP contribution is 2.47. The van der Waals surface area contributed by atoms with E-state index in [1.807, 2.05) is 25.1 Å². The van der Waals surface area contributed by atoms with Gasteiger partial charge in [0.1, 0.15) is 11.8 Å². The molecule has 0 saturated carbocycles. The van der Waals surface area contributed by atoms with E-state index in [1.165, 1.54) is 6.07 Å². The molecule has 1 aliphatic heterocycles. The first-order valence-electron chi connectivity index (χ1n) is 9.86. The van der Waals surface area contributed by atoms with Gasteiger partial charge in [-0.2, -0.15) is 22.8 Å².